The Labute approximate surface area is 165 Å². The molecule has 3 rings (SSSR count). The molecule has 2 fully saturated rings. The Hall–Kier alpha value is -2.12. The summed E-state index contributed by atoms with van der Waals surface area (Å²) in [5.41, 5.74) is 0.554. The number of carboxylic acids is 1. The molecule has 2 aliphatic rings. The fourth-order valence-electron chi connectivity index (χ4n) is 4.07. The van der Waals surface area contributed by atoms with E-state index in [0.717, 1.165) is 12.8 Å². The Kier molecular flexibility index (Phi) is 7.28. The molecular weight excluding hydrogens is 362 g/mol. The van der Waals surface area contributed by atoms with Crippen LogP contribution in [0.3, 0.4) is 0 Å². The summed E-state index contributed by atoms with van der Waals surface area (Å²) >= 11 is 0. The van der Waals surface area contributed by atoms with Crippen LogP contribution in [-0.2, 0) is 14.3 Å². The van der Waals surface area contributed by atoms with Gasteiger partial charge in [-0.05, 0) is 44.2 Å². The standard InChI is InChI=1S/C21H29NO6/c1-2-26-13-14-27-18-6-4-3-5-16(18)20(23)22-10-7-15(8-11-22)19-17(21(24)25)9-12-28-19/h3-6,15,17,19H,2,7-14H2,1H3,(H,24,25)/t17?,19-/m0/s1. The van der Waals surface area contributed by atoms with Crippen LogP contribution in [0.2, 0.25) is 0 Å². The number of ether oxygens (including phenoxy) is 3. The first kappa shape index (κ1) is 20.6. The van der Waals surface area contributed by atoms with Gasteiger partial charge in [0.15, 0.2) is 0 Å². The molecule has 0 radical (unpaired) electrons. The van der Waals surface area contributed by atoms with Crippen LogP contribution in [0.25, 0.3) is 0 Å². The Morgan fingerprint density at radius 3 is 2.64 bits per heavy atom. The van der Waals surface area contributed by atoms with Crippen molar-refractivity contribution in [3.63, 3.8) is 0 Å². The minimum absolute atomic E-state index is 0.0485. The molecule has 0 aromatic heterocycles. The summed E-state index contributed by atoms with van der Waals surface area (Å²) in [4.78, 5) is 26.2. The fourth-order valence-corrected chi connectivity index (χ4v) is 4.07. The van der Waals surface area contributed by atoms with Crippen LogP contribution >= 0.6 is 0 Å². The highest BCUT2D eigenvalue weighted by molar-refractivity contribution is 5.97. The lowest BCUT2D eigenvalue weighted by Crippen LogP contribution is -2.43. The summed E-state index contributed by atoms with van der Waals surface area (Å²) in [6.07, 6.45) is 1.86. The Bertz CT molecular complexity index is 671. The summed E-state index contributed by atoms with van der Waals surface area (Å²) in [7, 11) is 0. The summed E-state index contributed by atoms with van der Waals surface area (Å²) in [6.45, 7) is 5.15. The number of aliphatic carboxylic acids is 1. The summed E-state index contributed by atoms with van der Waals surface area (Å²) in [5, 5.41) is 9.37. The normalized spacial score (nSPS) is 23.0. The third-order valence-corrected chi connectivity index (χ3v) is 5.55. The molecule has 0 spiro atoms. The van der Waals surface area contributed by atoms with Gasteiger partial charge in [0, 0.05) is 26.3 Å². The molecule has 7 heteroatoms. The third-order valence-electron chi connectivity index (χ3n) is 5.55. The van der Waals surface area contributed by atoms with Crippen molar-refractivity contribution in [3.05, 3.63) is 29.8 Å². The maximum absolute atomic E-state index is 13.0. The van der Waals surface area contributed by atoms with E-state index in [2.05, 4.69) is 0 Å². The topological polar surface area (TPSA) is 85.3 Å². The summed E-state index contributed by atoms with van der Waals surface area (Å²) in [5.74, 6) is -0.497. The number of piperidine rings is 1. The first-order valence-electron chi connectivity index (χ1n) is 10.0. The highest BCUT2D eigenvalue weighted by atomic mass is 16.5. The molecule has 2 heterocycles. The number of likely N-dealkylation sites (tertiary alicyclic amines) is 1. The van der Waals surface area contributed by atoms with Crippen LogP contribution in [-0.4, -0.2) is 67.5 Å². The molecule has 0 aliphatic carbocycles. The number of hydrogen-bond donors (Lipinski definition) is 1. The largest absolute Gasteiger partial charge is 0.490 e. The van der Waals surface area contributed by atoms with E-state index >= 15 is 0 Å². The minimum atomic E-state index is -0.779. The van der Waals surface area contributed by atoms with Crippen LogP contribution in [0.1, 0.15) is 36.5 Å². The quantitative estimate of drug-likeness (QED) is 0.685. The van der Waals surface area contributed by atoms with Crippen LogP contribution < -0.4 is 4.74 Å². The smallest absolute Gasteiger partial charge is 0.309 e. The summed E-state index contributed by atoms with van der Waals surface area (Å²) < 4.78 is 16.7. The number of nitrogens with zero attached hydrogens (tertiary/aromatic N) is 1. The van der Waals surface area contributed by atoms with Gasteiger partial charge in [0.1, 0.15) is 12.4 Å². The number of hydrogen-bond acceptors (Lipinski definition) is 5. The van der Waals surface area contributed by atoms with Gasteiger partial charge in [-0.15, -0.1) is 0 Å². The van der Waals surface area contributed by atoms with Gasteiger partial charge in [0.25, 0.3) is 5.91 Å². The van der Waals surface area contributed by atoms with Crippen molar-refractivity contribution in [2.45, 2.75) is 32.3 Å². The highest BCUT2D eigenvalue weighted by Gasteiger charge is 2.41. The molecule has 154 valence electrons. The lowest BCUT2D eigenvalue weighted by molar-refractivity contribution is -0.145. The van der Waals surface area contributed by atoms with Gasteiger partial charge >= 0.3 is 5.97 Å². The third kappa shape index (κ3) is 4.83. The van der Waals surface area contributed by atoms with Gasteiger partial charge in [0.05, 0.1) is 24.2 Å². The van der Waals surface area contributed by atoms with Gasteiger partial charge in [-0.2, -0.15) is 0 Å². The van der Waals surface area contributed by atoms with Gasteiger partial charge in [-0.3, -0.25) is 9.59 Å². The molecule has 7 nitrogen and oxygen atoms in total. The zero-order valence-electron chi connectivity index (χ0n) is 16.3. The van der Waals surface area contributed by atoms with E-state index in [0.29, 0.717) is 57.3 Å². The molecule has 28 heavy (non-hydrogen) atoms. The van der Waals surface area contributed by atoms with Crippen molar-refractivity contribution in [1.29, 1.82) is 0 Å². The van der Waals surface area contributed by atoms with Crippen LogP contribution in [0.15, 0.2) is 24.3 Å². The predicted molar refractivity (Wildman–Crippen MR) is 103 cm³/mol. The first-order chi connectivity index (χ1) is 13.6. The lowest BCUT2D eigenvalue weighted by atomic mass is 9.84. The number of carbonyl (C=O) groups excluding carboxylic acids is 1. The Balaban J connectivity index is 1.57. The summed E-state index contributed by atoms with van der Waals surface area (Å²) in [6, 6.07) is 7.27. The van der Waals surface area contributed by atoms with E-state index in [1.807, 2.05) is 24.0 Å². The first-order valence-corrected chi connectivity index (χ1v) is 10.0. The molecule has 0 saturated carbocycles. The van der Waals surface area contributed by atoms with Gasteiger partial charge < -0.3 is 24.2 Å². The van der Waals surface area contributed by atoms with Crippen LogP contribution in [0, 0.1) is 11.8 Å². The monoisotopic (exact) mass is 391 g/mol. The van der Waals surface area contributed by atoms with Crippen molar-refractivity contribution in [3.8, 4) is 5.75 Å². The molecule has 1 aromatic rings. The molecule has 1 unspecified atom stereocenters. The molecule has 0 bridgehead atoms. The molecule has 1 aromatic carbocycles. The predicted octanol–water partition coefficient (Wildman–Crippen LogP) is 2.44. The van der Waals surface area contributed by atoms with E-state index in [-0.39, 0.29) is 17.9 Å². The van der Waals surface area contributed by atoms with Crippen molar-refractivity contribution < 1.29 is 28.9 Å². The van der Waals surface area contributed by atoms with E-state index in [4.69, 9.17) is 14.2 Å². The molecule has 1 N–H and O–H groups in total. The number of amides is 1. The number of benzene rings is 1. The van der Waals surface area contributed by atoms with E-state index < -0.39 is 11.9 Å². The van der Waals surface area contributed by atoms with Gasteiger partial charge in [-0.25, -0.2) is 0 Å². The molecule has 1 amide bonds. The molecule has 2 aliphatic heterocycles. The molecule has 2 saturated heterocycles. The zero-order valence-corrected chi connectivity index (χ0v) is 16.3. The number of carbonyl (C=O) groups is 2. The van der Waals surface area contributed by atoms with Crippen LogP contribution in [0.4, 0.5) is 0 Å². The average molecular weight is 391 g/mol. The Morgan fingerprint density at radius 2 is 1.93 bits per heavy atom. The SMILES string of the molecule is CCOCCOc1ccccc1C(=O)N1CCC([C@@H]2OCCC2C(=O)O)CC1. The van der Waals surface area contributed by atoms with Gasteiger partial charge in [0.2, 0.25) is 0 Å². The van der Waals surface area contributed by atoms with E-state index in [1.54, 1.807) is 12.1 Å². The second-order valence-corrected chi connectivity index (χ2v) is 7.24. The van der Waals surface area contributed by atoms with E-state index in [9.17, 15) is 14.7 Å². The second-order valence-electron chi connectivity index (χ2n) is 7.24. The second kappa shape index (κ2) is 9.89. The van der Waals surface area contributed by atoms with Crippen molar-refractivity contribution >= 4 is 11.9 Å². The lowest BCUT2D eigenvalue weighted by Gasteiger charge is -2.35. The number of rotatable bonds is 8. The van der Waals surface area contributed by atoms with Crippen molar-refractivity contribution in [2.75, 3.05) is 39.5 Å². The van der Waals surface area contributed by atoms with Crippen molar-refractivity contribution in [1.82, 2.24) is 4.90 Å². The molecular formula is C21H29NO6. The van der Waals surface area contributed by atoms with E-state index in [1.165, 1.54) is 0 Å². The number of carboxylic acid groups (broad SMARTS) is 1. The zero-order chi connectivity index (χ0) is 19.9. The maximum Gasteiger partial charge on any atom is 0.309 e. The van der Waals surface area contributed by atoms with Crippen LogP contribution in [0.5, 0.6) is 5.75 Å². The molecule has 2 atom stereocenters. The maximum atomic E-state index is 13.0. The number of para-hydroxylation sites is 1. The minimum Gasteiger partial charge on any atom is -0.490 e. The van der Waals surface area contributed by atoms with Gasteiger partial charge in [-0.1, -0.05) is 12.1 Å². The fraction of sp³-hybridized carbons (Fsp3) is 0.619. The van der Waals surface area contributed by atoms with Crippen molar-refractivity contribution in [2.24, 2.45) is 11.8 Å². The Morgan fingerprint density at radius 1 is 1.18 bits per heavy atom. The average Bonchev–Trinajstić information content (AvgIpc) is 3.21. The highest BCUT2D eigenvalue weighted by Crippen LogP contribution is 2.34.